The summed E-state index contributed by atoms with van der Waals surface area (Å²) in [6.07, 6.45) is 56.3. The quantitative estimate of drug-likeness (QED) is 0.0262. The highest BCUT2D eigenvalue weighted by molar-refractivity contribution is 5.71. The first-order valence-electron chi connectivity index (χ1n) is 27.2. The predicted octanol–water partition coefficient (Wildman–Crippen LogP) is 17.8. The fourth-order valence-corrected chi connectivity index (χ4v) is 8.13. The molecule has 61 heavy (non-hydrogen) atoms. The second-order valence-corrected chi connectivity index (χ2v) is 18.5. The van der Waals surface area contributed by atoms with Gasteiger partial charge in [0.05, 0.1) is 0 Å². The molecule has 0 rings (SSSR count). The van der Waals surface area contributed by atoms with Crippen molar-refractivity contribution < 1.29 is 28.6 Å². The SMILES string of the molecule is CCCC/C=C\CCCCCCCC(=O)OCC(COC(=O)CCCCCCCCCCCCCCCCCCCC)OC(=O)CCCCCCCCCCCCCCCC. The maximum absolute atomic E-state index is 12.8. The first-order valence-corrected chi connectivity index (χ1v) is 27.2. The molecule has 0 aliphatic rings. The van der Waals surface area contributed by atoms with Gasteiger partial charge >= 0.3 is 17.9 Å². The molecule has 6 nitrogen and oxygen atoms in total. The molecule has 1 unspecified atom stereocenters. The number of unbranched alkanes of at least 4 members (excludes halogenated alkanes) is 37. The van der Waals surface area contributed by atoms with Gasteiger partial charge in [0.15, 0.2) is 6.10 Å². The number of esters is 3. The van der Waals surface area contributed by atoms with Crippen LogP contribution in [0.2, 0.25) is 0 Å². The van der Waals surface area contributed by atoms with E-state index in [0.717, 1.165) is 64.2 Å². The molecule has 0 aliphatic heterocycles. The summed E-state index contributed by atoms with van der Waals surface area (Å²) < 4.78 is 16.8. The molecule has 0 saturated heterocycles. The van der Waals surface area contributed by atoms with E-state index in [4.69, 9.17) is 14.2 Å². The monoisotopic (exact) mass is 861 g/mol. The fraction of sp³-hybridized carbons (Fsp3) is 0.909. The van der Waals surface area contributed by atoms with Crippen LogP contribution in [0.3, 0.4) is 0 Å². The minimum atomic E-state index is -0.766. The van der Waals surface area contributed by atoms with Gasteiger partial charge in [0.1, 0.15) is 13.2 Å². The van der Waals surface area contributed by atoms with Crippen LogP contribution in [0.4, 0.5) is 0 Å². The summed E-state index contributed by atoms with van der Waals surface area (Å²) in [7, 11) is 0. The molecule has 0 spiro atoms. The Bertz CT molecular complexity index is 947. The summed E-state index contributed by atoms with van der Waals surface area (Å²) in [5.74, 6) is -0.857. The van der Waals surface area contributed by atoms with Crippen molar-refractivity contribution in [2.45, 2.75) is 309 Å². The molecule has 1 atom stereocenters. The molecule has 0 heterocycles. The normalized spacial score (nSPS) is 12.0. The van der Waals surface area contributed by atoms with Crippen LogP contribution in [0.1, 0.15) is 303 Å². The van der Waals surface area contributed by atoms with E-state index in [1.54, 1.807) is 0 Å². The molecule has 360 valence electrons. The molecule has 6 heteroatoms. The lowest BCUT2D eigenvalue weighted by molar-refractivity contribution is -0.167. The van der Waals surface area contributed by atoms with Crippen LogP contribution < -0.4 is 0 Å². The van der Waals surface area contributed by atoms with Crippen molar-refractivity contribution in [3.8, 4) is 0 Å². The molecule has 0 bridgehead atoms. The maximum Gasteiger partial charge on any atom is 0.306 e. The first-order chi connectivity index (χ1) is 30.0. The summed E-state index contributed by atoms with van der Waals surface area (Å²) in [6.45, 7) is 6.64. The van der Waals surface area contributed by atoms with Crippen LogP contribution in [0.15, 0.2) is 12.2 Å². The third kappa shape index (κ3) is 49.0. The van der Waals surface area contributed by atoms with Crippen LogP contribution >= 0.6 is 0 Å². The van der Waals surface area contributed by atoms with Gasteiger partial charge in [0, 0.05) is 19.3 Å². The first kappa shape index (κ1) is 59.1. The molecule has 0 N–H and O–H groups in total. The van der Waals surface area contributed by atoms with E-state index in [1.165, 1.54) is 199 Å². The number of hydrogen-bond donors (Lipinski definition) is 0. The fourth-order valence-electron chi connectivity index (χ4n) is 8.13. The number of allylic oxidation sites excluding steroid dienone is 2. The molecular weight excluding hydrogens is 757 g/mol. The highest BCUT2D eigenvalue weighted by Gasteiger charge is 2.19. The van der Waals surface area contributed by atoms with Gasteiger partial charge in [-0.25, -0.2) is 0 Å². The number of hydrogen-bond acceptors (Lipinski definition) is 6. The molecule has 0 radical (unpaired) electrons. The van der Waals surface area contributed by atoms with Crippen molar-refractivity contribution in [2.75, 3.05) is 13.2 Å². The van der Waals surface area contributed by atoms with E-state index in [9.17, 15) is 14.4 Å². The predicted molar refractivity (Wildman–Crippen MR) is 261 cm³/mol. The number of rotatable bonds is 50. The minimum Gasteiger partial charge on any atom is -0.462 e. The van der Waals surface area contributed by atoms with Gasteiger partial charge in [-0.1, -0.05) is 258 Å². The van der Waals surface area contributed by atoms with E-state index in [-0.39, 0.29) is 31.1 Å². The van der Waals surface area contributed by atoms with Crippen molar-refractivity contribution >= 4 is 17.9 Å². The van der Waals surface area contributed by atoms with E-state index in [0.29, 0.717) is 19.3 Å². The molecule has 0 saturated carbocycles. The zero-order valence-electron chi connectivity index (χ0n) is 41.2. The Morgan fingerprint density at radius 2 is 0.557 bits per heavy atom. The second-order valence-electron chi connectivity index (χ2n) is 18.5. The van der Waals surface area contributed by atoms with E-state index in [2.05, 4.69) is 32.9 Å². The Kier molecular flexibility index (Phi) is 49.3. The molecule has 0 aromatic heterocycles. The summed E-state index contributed by atoms with van der Waals surface area (Å²) >= 11 is 0. The summed E-state index contributed by atoms with van der Waals surface area (Å²) in [6, 6.07) is 0. The lowest BCUT2D eigenvalue weighted by atomic mass is 10.0. The molecule has 0 aliphatic carbocycles. The Hall–Kier alpha value is -1.85. The van der Waals surface area contributed by atoms with Crippen LogP contribution in [-0.4, -0.2) is 37.2 Å². The van der Waals surface area contributed by atoms with Crippen molar-refractivity contribution in [3.05, 3.63) is 12.2 Å². The van der Waals surface area contributed by atoms with Crippen molar-refractivity contribution in [3.63, 3.8) is 0 Å². The van der Waals surface area contributed by atoms with Gasteiger partial charge in [-0.15, -0.1) is 0 Å². The highest BCUT2D eigenvalue weighted by Crippen LogP contribution is 2.17. The van der Waals surface area contributed by atoms with Gasteiger partial charge < -0.3 is 14.2 Å². The summed E-state index contributed by atoms with van der Waals surface area (Å²) in [5, 5.41) is 0. The molecule has 0 amide bonds. The summed E-state index contributed by atoms with van der Waals surface area (Å²) in [5.41, 5.74) is 0. The molecular formula is C55H104O6. The zero-order valence-corrected chi connectivity index (χ0v) is 41.2. The smallest absolute Gasteiger partial charge is 0.306 e. The van der Waals surface area contributed by atoms with Gasteiger partial charge in [0.2, 0.25) is 0 Å². The van der Waals surface area contributed by atoms with Gasteiger partial charge in [0.25, 0.3) is 0 Å². The lowest BCUT2D eigenvalue weighted by Crippen LogP contribution is -2.30. The number of carbonyl (C=O) groups excluding carboxylic acids is 3. The average Bonchev–Trinajstić information content (AvgIpc) is 3.26. The van der Waals surface area contributed by atoms with Gasteiger partial charge in [-0.3, -0.25) is 14.4 Å². The van der Waals surface area contributed by atoms with Crippen LogP contribution in [-0.2, 0) is 28.6 Å². The lowest BCUT2D eigenvalue weighted by Gasteiger charge is -2.18. The number of carbonyl (C=O) groups is 3. The Morgan fingerprint density at radius 3 is 0.869 bits per heavy atom. The third-order valence-corrected chi connectivity index (χ3v) is 12.3. The largest absolute Gasteiger partial charge is 0.462 e. The van der Waals surface area contributed by atoms with E-state index in [1.807, 2.05) is 0 Å². The molecule has 0 fully saturated rings. The topological polar surface area (TPSA) is 78.9 Å². The highest BCUT2D eigenvalue weighted by atomic mass is 16.6. The number of ether oxygens (including phenoxy) is 3. The average molecular weight is 861 g/mol. The third-order valence-electron chi connectivity index (χ3n) is 12.3. The maximum atomic E-state index is 12.8. The molecule has 0 aromatic carbocycles. The Balaban J connectivity index is 4.27. The zero-order chi connectivity index (χ0) is 44.4. The van der Waals surface area contributed by atoms with Crippen LogP contribution in [0, 0.1) is 0 Å². The van der Waals surface area contributed by atoms with Gasteiger partial charge in [-0.05, 0) is 38.5 Å². The van der Waals surface area contributed by atoms with Crippen LogP contribution in [0.25, 0.3) is 0 Å². The standard InChI is InChI=1S/C55H104O6/c1-4-7-10-13-16-19-22-24-26-27-28-29-31-33-36-39-42-45-48-54(57)60-51-52(50-59-53(56)47-44-41-38-35-32-21-18-15-12-9-6-3)61-55(58)49-46-43-40-37-34-30-25-23-20-17-14-11-8-5-2/h15,18,52H,4-14,16-17,19-51H2,1-3H3/b18-15-. The Labute approximate surface area is 380 Å². The van der Waals surface area contributed by atoms with Crippen LogP contribution in [0.5, 0.6) is 0 Å². The van der Waals surface area contributed by atoms with E-state index >= 15 is 0 Å². The van der Waals surface area contributed by atoms with Crippen molar-refractivity contribution in [1.82, 2.24) is 0 Å². The molecule has 0 aromatic rings. The van der Waals surface area contributed by atoms with Crippen molar-refractivity contribution in [1.29, 1.82) is 0 Å². The van der Waals surface area contributed by atoms with E-state index < -0.39 is 6.10 Å². The summed E-state index contributed by atoms with van der Waals surface area (Å²) in [4.78, 5) is 38.0. The van der Waals surface area contributed by atoms with Gasteiger partial charge in [-0.2, -0.15) is 0 Å². The minimum absolute atomic E-state index is 0.0669. The second kappa shape index (κ2) is 50.8. The van der Waals surface area contributed by atoms with Crippen molar-refractivity contribution in [2.24, 2.45) is 0 Å². The Morgan fingerprint density at radius 1 is 0.311 bits per heavy atom.